The summed E-state index contributed by atoms with van der Waals surface area (Å²) in [6.45, 7) is 6.28. The van der Waals surface area contributed by atoms with Crippen LogP contribution >= 0.6 is 0 Å². The number of rotatable bonds is 6. The van der Waals surface area contributed by atoms with E-state index in [9.17, 15) is 0 Å². The third-order valence-electron chi connectivity index (χ3n) is 2.46. The molecule has 0 aliphatic carbocycles. The van der Waals surface area contributed by atoms with E-state index in [1.807, 2.05) is 39.2 Å². The molecule has 0 radical (unpaired) electrons. The largest absolute Gasteiger partial charge is 0.380 e. The van der Waals surface area contributed by atoms with Gasteiger partial charge < -0.3 is 15.4 Å². The van der Waals surface area contributed by atoms with Crippen molar-refractivity contribution in [3.8, 4) is 0 Å². The van der Waals surface area contributed by atoms with Gasteiger partial charge in [0.15, 0.2) is 0 Å². The van der Waals surface area contributed by atoms with E-state index in [1.165, 1.54) is 0 Å². The molecule has 0 fully saturated rings. The maximum absolute atomic E-state index is 5.76. The Kier molecular flexibility index (Phi) is 5.22. The Bertz CT molecular complexity index is 298. The van der Waals surface area contributed by atoms with Gasteiger partial charge in [0.05, 0.1) is 6.61 Å². The van der Waals surface area contributed by atoms with Gasteiger partial charge in [-0.2, -0.15) is 0 Å². The van der Waals surface area contributed by atoms with E-state index in [0.717, 1.165) is 31.1 Å². The summed E-state index contributed by atoms with van der Waals surface area (Å²) in [5, 5.41) is 0. The van der Waals surface area contributed by atoms with Crippen molar-refractivity contribution in [3.05, 3.63) is 23.9 Å². The lowest BCUT2D eigenvalue weighted by atomic mass is 10.1. The molecule has 0 spiro atoms. The van der Waals surface area contributed by atoms with Crippen molar-refractivity contribution in [2.45, 2.75) is 19.9 Å². The molecule has 16 heavy (non-hydrogen) atoms. The van der Waals surface area contributed by atoms with Crippen molar-refractivity contribution in [3.63, 3.8) is 0 Å². The first kappa shape index (κ1) is 12.9. The molecule has 0 amide bonds. The fourth-order valence-electron chi connectivity index (χ4n) is 1.35. The Morgan fingerprint density at radius 1 is 1.50 bits per heavy atom. The monoisotopic (exact) mass is 223 g/mol. The van der Waals surface area contributed by atoms with Gasteiger partial charge in [-0.05, 0) is 25.5 Å². The van der Waals surface area contributed by atoms with Crippen LogP contribution in [0.4, 0.5) is 5.82 Å². The molecule has 0 saturated carbocycles. The van der Waals surface area contributed by atoms with Crippen LogP contribution in [-0.4, -0.2) is 31.8 Å². The Hall–Kier alpha value is -1.13. The Morgan fingerprint density at radius 2 is 2.25 bits per heavy atom. The molecular weight excluding hydrogens is 202 g/mol. The lowest BCUT2D eigenvalue weighted by molar-refractivity contribution is 0.154. The minimum absolute atomic E-state index is 0.0373. The zero-order valence-corrected chi connectivity index (χ0v) is 10.3. The Labute approximate surface area is 97.4 Å². The van der Waals surface area contributed by atoms with Crippen LogP contribution in [0.5, 0.6) is 0 Å². The van der Waals surface area contributed by atoms with Crippen LogP contribution in [0.1, 0.15) is 25.5 Å². The first-order valence-corrected chi connectivity index (χ1v) is 5.65. The Balaban J connectivity index is 2.52. The zero-order valence-electron chi connectivity index (χ0n) is 10.3. The standard InChI is InChI=1S/C12H21N3O/c1-4-16-8-7-15(3)12-6-5-11(9-14-12)10(2)13/h5-6,9-10H,4,7-8,13H2,1-3H3/t10-/m1/s1. The maximum Gasteiger partial charge on any atom is 0.128 e. The zero-order chi connectivity index (χ0) is 12.0. The van der Waals surface area contributed by atoms with E-state index >= 15 is 0 Å². The van der Waals surface area contributed by atoms with Gasteiger partial charge in [0, 0.05) is 32.4 Å². The van der Waals surface area contributed by atoms with Gasteiger partial charge in [-0.3, -0.25) is 0 Å². The number of ether oxygens (including phenoxy) is 1. The third-order valence-corrected chi connectivity index (χ3v) is 2.46. The molecule has 4 nitrogen and oxygen atoms in total. The molecule has 90 valence electrons. The third kappa shape index (κ3) is 3.79. The van der Waals surface area contributed by atoms with E-state index < -0.39 is 0 Å². The maximum atomic E-state index is 5.76. The van der Waals surface area contributed by atoms with E-state index in [-0.39, 0.29) is 6.04 Å². The lowest BCUT2D eigenvalue weighted by Gasteiger charge is -2.18. The molecule has 0 saturated heterocycles. The summed E-state index contributed by atoms with van der Waals surface area (Å²) < 4.78 is 5.30. The predicted octanol–water partition coefficient (Wildman–Crippen LogP) is 1.57. The second-order valence-electron chi connectivity index (χ2n) is 3.86. The minimum atomic E-state index is 0.0373. The average molecular weight is 223 g/mol. The number of nitrogens with two attached hydrogens (primary N) is 1. The smallest absolute Gasteiger partial charge is 0.128 e. The van der Waals surface area contributed by atoms with E-state index in [4.69, 9.17) is 10.5 Å². The summed E-state index contributed by atoms with van der Waals surface area (Å²) in [4.78, 5) is 6.44. The molecule has 1 aromatic heterocycles. The first-order valence-electron chi connectivity index (χ1n) is 5.65. The van der Waals surface area contributed by atoms with E-state index in [2.05, 4.69) is 9.88 Å². The van der Waals surface area contributed by atoms with Gasteiger partial charge in [0.2, 0.25) is 0 Å². The normalized spacial score (nSPS) is 12.5. The number of nitrogens with zero attached hydrogens (tertiary/aromatic N) is 2. The molecule has 0 bridgehead atoms. The molecule has 4 heteroatoms. The van der Waals surface area contributed by atoms with Crippen molar-refractivity contribution in [1.29, 1.82) is 0 Å². The van der Waals surface area contributed by atoms with Crippen LogP contribution in [-0.2, 0) is 4.74 Å². The Morgan fingerprint density at radius 3 is 2.75 bits per heavy atom. The molecule has 1 atom stereocenters. The number of pyridine rings is 1. The van der Waals surface area contributed by atoms with E-state index in [0.29, 0.717) is 0 Å². The van der Waals surface area contributed by atoms with E-state index in [1.54, 1.807) is 0 Å². The number of anilines is 1. The molecule has 0 aliphatic rings. The average Bonchev–Trinajstić information content (AvgIpc) is 2.29. The molecule has 0 unspecified atom stereocenters. The molecule has 0 aliphatic heterocycles. The summed E-state index contributed by atoms with van der Waals surface area (Å²) >= 11 is 0. The van der Waals surface area contributed by atoms with Gasteiger partial charge in [-0.1, -0.05) is 6.07 Å². The SMILES string of the molecule is CCOCCN(C)c1ccc([C@@H](C)N)cn1. The summed E-state index contributed by atoms with van der Waals surface area (Å²) in [6, 6.07) is 4.05. The van der Waals surface area contributed by atoms with Gasteiger partial charge in [-0.15, -0.1) is 0 Å². The van der Waals surface area contributed by atoms with Crippen molar-refractivity contribution >= 4 is 5.82 Å². The highest BCUT2D eigenvalue weighted by Gasteiger charge is 2.04. The van der Waals surface area contributed by atoms with Gasteiger partial charge >= 0.3 is 0 Å². The molecule has 0 aromatic carbocycles. The first-order chi connectivity index (χ1) is 7.65. The van der Waals surface area contributed by atoms with Crippen LogP contribution in [0, 0.1) is 0 Å². The van der Waals surface area contributed by atoms with Gasteiger partial charge in [0.25, 0.3) is 0 Å². The van der Waals surface area contributed by atoms with Crippen molar-refractivity contribution < 1.29 is 4.74 Å². The van der Waals surface area contributed by atoms with Crippen LogP contribution in [0.3, 0.4) is 0 Å². The summed E-state index contributed by atoms with van der Waals surface area (Å²) in [6.07, 6.45) is 1.83. The highest BCUT2D eigenvalue weighted by atomic mass is 16.5. The van der Waals surface area contributed by atoms with Crippen LogP contribution in [0.2, 0.25) is 0 Å². The van der Waals surface area contributed by atoms with Crippen LogP contribution in [0.15, 0.2) is 18.3 Å². The minimum Gasteiger partial charge on any atom is -0.380 e. The van der Waals surface area contributed by atoms with Crippen LogP contribution in [0.25, 0.3) is 0 Å². The molecular formula is C12H21N3O. The van der Waals surface area contributed by atoms with Crippen molar-refractivity contribution in [1.82, 2.24) is 4.98 Å². The van der Waals surface area contributed by atoms with Crippen molar-refractivity contribution in [2.24, 2.45) is 5.73 Å². The number of aromatic nitrogens is 1. The molecule has 1 rings (SSSR count). The number of hydrogen-bond acceptors (Lipinski definition) is 4. The second-order valence-corrected chi connectivity index (χ2v) is 3.86. The summed E-state index contributed by atoms with van der Waals surface area (Å²) in [5.41, 5.74) is 6.82. The lowest BCUT2D eigenvalue weighted by Crippen LogP contribution is -2.23. The topological polar surface area (TPSA) is 51.4 Å². The highest BCUT2D eigenvalue weighted by Crippen LogP contribution is 2.13. The van der Waals surface area contributed by atoms with Gasteiger partial charge in [0.1, 0.15) is 5.82 Å². The second kappa shape index (κ2) is 6.45. The summed E-state index contributed by atoms with van der Waals surface area (Å²) in [5.74, 6) is 0.948. The fourth-order valence-corrected chi connectivity index (χ4v) is 1.35. The molecule has 1 heterocycles. The van der Waals surface area contributed by atoms with Crippen molar-refractivity contribution in [2.75, 3.05) is 31.7 Å². The predicted molar refractivity (Wildman–Crippen MR) is 66.6 cm³/mol. The quantitative estimate of drug-likeness (QED) is 0.744. The molecule has 1 aromatic rings. The number of likely N-dealkylation sites (N-methyl/N-ethyl adjacent to an activating group) is 1. The molecule has 2 N–H and O–H groups in total. The van der Waals surface area contributed by atoms with Gasteiger partial charge in [-0.25, -0.2) is 4.98 Å². The van der Waals surface area contributed by atoms with Crippen LogP contribution < -0.4 is 10.6 Å². The highest BCUT2D eigenvalue weighted by molar-refractivity contribution is 5.38. The number of hydrogen-bond donors (Lipinski definition) is 1. The fraction of sp³-hybridized carbons (Fsp3) is 0.583. The summed E-state index contributed by atoms with van der Waals surface area (Å²) in [7, 11) is 2.01.